The molecule has 2 N–H and O–H groups in total. The first-order chi connectivity index (χ1) is 6.33. The Morgan fingerprint density at radius 3 is 3.08 bits per heavy atom. The summed E-state index contributed by atoms with van der Waals surface area (Å²) in [4.78, 5) is 0. The topological polar surface area (TPSA) is 49.7 Å². The molecular weight excluding hydrogens is 167 g/mol. The van der Waals surface area contributed by atoms with Gasteiger partial charge in [0.2, 0.25) is 0 Å². The lowest BCUT2D eigenvalue weighted by molar-refractivity contribution is 0.275. The van der Waals surface area contributed by atoms with Gasteiger partial charge in [-0.05, 0) is 23.0 Å². The van der Waals surface area contributed by atoms with Crippen molar-refractivity contribution in [3.8, 4) is 0 Å². The van der Waals surface area contributed by atoms with Gasteiger partial charge in [0.1, 0.15) is 0 Å². The Labute approximate surface area is 77.1 Å². The average Bonchev–Trinajstić information content (AvgIpc) is 2.50. The van der Waals surface area contributed by atoms with Gasteiger partial charge < -0.3 is 14.8 Å². The molecule has 1 aliphatic heterocycles. The fraction of sp³-hybridized carbons (Fsp3) is 0.333. The van der Waals surface area contributed by atoms with Crippen molar-refractivity contribution in [1.29, 1.82) is 0 Å². The van der Waals surface area contributed by atoms with Crippen molar-refractivity contribution in [3.05, 3.63) is 29.3 Å². The Balaban J connectivity index is 2.41. The minimum atomic E-state index is -0.808. The third kappa shape index (κ3) is 1.48. The maximum Gasteiger partial charge on any atom is 0.492 e. The van der Waals surface area contributed by atoms with Crippen LogP contribution in [0, 0.1) is 0 Å². The Hall–Kier alpha value is -0.835. The van der Waals surface area contributed by atoms with E-state index in [1.807, 2.05) is 18.2 Å². The summed E-state index contributed by atoms with van der Waals surface area (Å²) < 4.78 is 5.08. The Morgan fingerprint density at radius 1 is 1.46 bits per heavy atom. The van der Waals surface area contributed by atoms with Crippen LogP contribution in [0.2, 0.25) is 0 Å². The second-order valence-corrected chi connectivity index (χ2v) is 3.13. The van der Waals surface area contributed by atoms with Gasteiger partial charge in [-0.1, -0.05) is 18.2 Å². The third-order valence-electron chi connectivity index (χ3n) is 2.31. The minimum Gasteiger partial charge on any atom is -0.423 e. The number of hydrogen-bond acceptors (Lipinski definition) is 3. The zero-order chi connectivity index (χ0) is 9.26. The molecular formula is C9H11BO3. The molecule has 2 rings (SSSR count). The van der Waals surface area contributed by atoms with Gasteiger partial charge in [0.15, 0.2) is 0 Å². The summed E-state index contributed by atoms with van der Waals surface area (Å²) in [6.45, 7) is 0.568. The van der Waals surface area contributed by atoms with Crippen LogP contribution in [0.25, 0.3) is 0 Å². The fourth-order valence-corrected chi connectivity index (χ4v) is 1.70. The Morgan fingerprint density at radius 2 is 2.31 bits per heavy atom. The van der Waals surface area contributed by atoms with E-state index in [0.29, 0.717) is 13.0 Å². The summed E-state index contributed by atoms with van der Waals surface area (Å²) in [5.74, 6) is 0. The number of benzene rings is 1. The van der Waals surface area contributed by atoms with Crippen molar-refractivity contribution in [1.82, 2.24) is 0 Å². The summed E-state index contributed by atoms with van der Waals surface area (Å²) in [7, 11) is -0.808. The standard InChI is InChI=1S/C9H11BO3/c11-5-4-7-2-1-3-8-6-13-10(12)9(7)8/h1-3,11-12H,4-6H2. The second-order valence-electron chi connectivity index (χ2n) is 3.13. The Bertz CT molecular complexity index is 314. The molecule has 0 saturated heterocycles. The van der Waals surface area contributed by atoms with E-state index in [4.69, 9.17) is 9.76 Å². The highest BCUT2D eigenvalue weighted by atomic mass is 16.5. The summed E-state index contributed by atoms with van der Waals surface area (Å²) >= 11 is 0. The van der Waals surface area contributed by atoms with Crippen LogP contribution < -0.4 is 5.46 Å². The molecule has 1 aromatic carbocycles. The lowest BCUT2D eigenvalue weighted by Crippen LogP contribution is -2.31. The second kappa shape index (κ2) is 3.50. The minimum absolute atomic E-state index is 0.100. The molecule has 0 spiro atoms. The first-order valence-electron chi connectivity index (χ1n) is 4.34. The lowest BCUT2D eigenvalue weighted by Gasteiger charge is -2.05. The van der Waals surface area contributed by atoms with Gasteiger partial charge in [-0.3, -0.25) is 0 Å². The van der Waals surface area contributed by atoms with Gasteiger partial charge in [-0.15, -0.1) is 0 Å². The molecule has 0 saturated carbocycles. The molecule has 0 fully saturated rings. The first kappa shape index (κ1) is 8.75. The maximum absolute atomic E-state index is 9.48. The molecule has 4 heteroatoms. The maximum atomic E-state index is 9.48. The molecule has 1 aromatic rings. The van der Waals surface area contributed by atoms with Crippen LogP contribution in [0.15, 0.2) is 18.2 Å². The van der Waals surface area contributed by atoms with Crippen molar-refractivity contribution in [2.75, 3.05) is 6.61 Å². The summed E-state index contributed by atoms with van der Waals surface area (Å²) in [6, 6.07) is 5.77. The molecule has 0 aliphatic carbocycles. The van der Waals surface area contributed by atoms with Crippen LogP contribution in [-0.2, 0) is 17.7 Å². The number of fused-ring (bicyclic) bond motifs is 1. The van der Waals surface area contributed by atoms with Crippen LogP contribution in [0.1, 0.15) is 11.1 Å². The smallest absolute Gasteiger partial charge is 0.423 e. The van der Waals surface area contributed by atoms with E-state index in [-0.39, 0.29) is 6.61 Å². The van der Waals surface area contributed by atoms with E-state index in [1.165, 1.54) is 0 Å². The molecule has 0 unspecified atom stereocenters. The van der Waals surface area contributed by atoms with Gasteiger partial charge in [0, 0.05) is 6.61 Å². The molecule has 0 aromatic heterocycles. The predicted molar refractivity (Wildman–Crippen MR) is 49.6 cm³/mol. The highest BCUT2D eigenvalue weighted by Gasteiger charge is 2.29. The summed E-state index contributed by atoms with van der Waals surface area (Å²) in [5.41, 5.74) is 2.85. The molecule has 1 heterocycles. The van der Waals surface area contributed by atoms with Crippen LogP contribution in [-0.4, -0.2) is 23.9 Å². The van der Waals surface area contributed by atoms with Crippen molar-refractivity contribution in [3.63, 3.8) is 0 Å². The van der Waals surface area contributed by atoms with Gasteiger partial charge in [-0.2, -0.15) is 0 Å². The zero-order valence-electron chi connectivity index (χ0n) is 7.23. The van der Waals surface area contributed by atoms with E-state index in [0.717, 1.165) is 16.6 Å². The highest BCUT2D eigenvalue weighted by molar-refractivity contribution is 6.62. The van der Waals surface area contributed by atoms with Crippen LogP contribution >= 0.6 is 0 Å². The van der Waals surface area contributed by atoms with E-state index < -0.39 is 7.12 Å². The molecule has 0 bridgehead atoms. The highest BCUT2D eigenvalue weighted by Crippen LogP contribution is 2.12. The average molecular weight is 178 g/mol. The SMILES string of the molecule is OCCc1cccc2c1B(O)OC2. The quantitative estimate of drug-likeness (QED) is 0.596. The van der Waals surface area contributed by atoms with Gasteiger partial charge >= 0.3 is 7.12 Å². The van der Waals surface area contributed by atoms with Crippen LogP contribution in [0.4, 0.5) is 0 Å². The van der Waals surface area contributed by atoms with Gasteiger partial charge in [0.25, 0.3) is 0 Å². The normalized spacial score (nSPS) is 14.8. The van der Waals surface area contributed by atoms with E-state index >= 15 is 0 Å². The van der Waals surface area contributed by atoms with Crippen molar-refractivity contribution in [2.24, 2.45) is 0 Å². The lowest BCUT2D eigenvalue weighted by atomic mass is 9.75. The van der Waals surface area contributed by atoms with Crippen LogP contribution in [0.3, 0.4) is 0 Å². The van der Waals surface area contributed by atoms with E-state index in [9.17, 15) is 5.02 Å². The third-order valence-corrected chi connectivity index (χ3v) is 2.31. The summed E-state index contributed by atoms with van der Waals surface area (Å²) in [5, 5.41) is 18.3. The number of aliphatic hydroxyl groups excluding tert-OH is 1. The number of rotatable bonds is 2. The molecule has 68 valence electrons. The van der Waals surface area contributed by atoms with Gasteiger partial charge in [0.05, 0.1) is 6.61 Å². The van der Waals surface area contributed by atoms with Crippen molar-refractivity contribution < 1.29 is 14.8 Å². The summed E-state index contributed by atoms with van der Waals surface area (Å²) in [6.07, 6.45) is 0.573. The van der Waals surface area contributed by atoms with Crippen LogP contribution in [0.5, 0.6) is 0 Å². The zero-order valence-corrected chi connectivity index (χ0v) is 7.23. The first-order valence-corrected chi connectivity index (χ1v) is 4.34. The van der Waals surface area contributed by atoms with E-state index in [1.54, 1.807) is 0 Å². The Kier molecular flexibility index (Phi) is 2.35. The number of hydrogen-bond donors (Lipinski definition) is 2. The van der Waals surface area contributed by atoms with Crippen molar-refractivity contribution in [2.45, 2.75) is 13.0 Å². The largest absolute Gasteiger partial charge is 0.492 e. The predicted octanol–water partition coefficient (Wildman–Crippen LogP) is -0.561. The molecule has 0 atom stereocenters. The molecule has 3 nitrogen and oxygen atoms in total. The number of aliphatic hydroxyl groups is 1. The van der Waals surface area contributed by atoms with E-state index in [2.05, 4.69) is 0 Å². The van der Waals surface area contributed by atoms with Gasteiger partial charge in [-0.25, -0.2) is 0 Å². The monoisotopic (exact) mass is 178 g/mol. The molecule has 0 radical (unpaired) electrons. The molecule has 1 aliphatic rings. The van der Waals surface area contributed by atoms with Crippen molar-refractivity contribution >= 4 is 12.6 Å². The molecule has 13 heavy (non-hydrogen) atoms. The molecule has 0 amide bonds. The fourth-order valence-electron chi connectivity index (χ4n) is 1.70.